The van der Waals surface area contributed by atoms with E-state index in [2.05, 4.69) is 63.5 Å². The molecule has 7 fully saturated rings. The first-order valence-electron chi connectivity index (χ1n) is 27.3. The number of β-amino-alcohol motifs (C(OH)–C–C–N with tert-alkyl or cyclic N) is 1. The molecule has 1 saturated carbocycles. The Morgan fingerprint density at radius 1 is 0.868 bits per heavy atom. The molecule has 76 heavy (non-hydrogen) atoms. The highest BCUT2D eigenvalue weighted by molar-refractivity contribution is 5.91. The molecule has 12 rings (SSSR count). The highest BCUT2D eigenvalue weighted by Gasteiger charge is 2.47. The SMILES string of the molecule is CC(C)[C@@H](C(=O)N1C[C@H](O)C[C@H]1C(=O)N[C@@H](C)c1ccc(C#N)cc1)c1cc(N2CCC(CN3CCC(OC4CC(Oc5cc(N6C7CC6CN(c6cc(-c8ccccc8O)nnc6N)C7)ccn5)C4)CC3)CC2)no1. The first kappa shape index (κ1) is 51.1. The Bertz CT molecular complexity index is 2880. The number of rotatable bonds is 16. The van der Waals surface area contributed by atoms with Gasteiger partial charge in [0.15, 0.2) is 17.4 Å². The fraction of sp³-hybridized carbons (Fsp3) is 0.526. The van der Waals surface area contributed by atoms with Crippen LogP contribution in [-0.2, 0) is 14.3 Å². The van der Waals surface area contributed by atoms with E-state index in [0.29, 0.717) is 52.3 Å². The Balaban J connectivity index is 0.594. The summed E-state index contributed by atoms with van der Waals surface area (Å²) in [5.74, 6) is 1.57. The van der Waals surface area contributed by atoms with Crippen LogP contribution >= 0.6 is 0 Å². The molecular formula is C57H70N12O7. The summed E-state index contributed by atoms with van der Waals surface area (Å²) in [7, 11) is 0. The van der Waals surface area contributed by atoms with Gasteiger partial charge in [-0.05, 0) is 92.8 Å². The van der Waals surface area contributed by atoms with E-state index in [4.69, 9.17) is 25.0 Å². The van der Waals surface area contributed by atoms with Gasteiger partial charge in [-0.1, -0.05) is 43.3 Å². The van der Waals surface area contributed by atoms with Crippen molar-refractivity contribution in [1.29, 1.82) is 5.26 Å². The molecule has 19 nitrogen and oxygen atoms in total. The van der Waals surface area contributed by atoms with Crippen molar-refractivity contribution in [3.63, 3.8) is 0 Å². The van der Waals surface area contributed by atoms with E-state index >= 15 is 0 Å². The number of nitrogens with one attached hydrogen (secondary N) is 1. The molecular weight excluding hydrogens is 965 g/mol. The molecule has 9 heterocycles. The first-order valence-corrected chi connectivity index (χ1v) is 27.3. The van der Waals surface area contributed by atoms with Crippen LogP contribution in [-0.4, -0.2) is 147 Å². The Labute approximate surface area is 443 Å². The second-order valence-corrected chi connectivity index (χ2v) is 22.3. The third kappa shape index (κ3) is 10.8. The molecule has 1 aliphatic carbocycles. The third-order valence-electron chi connectivity index (χ3n) is 16.8. The summed E-state index contributed by atoms with van der Waals surface area (Å²) in [5.41, 5.74) is 10.9. The number of carbonyl (C=O) groups excluding carboxylic acids is 2. The fourth-order valence-corrected chi connectivity index (χ4v) is 12.5. The molecule has 6 atom stereocenters. The lowest BCUT2D eigenvalue weighted by atomic mass is 9.86. The van der Waals surface area contributed by atoms with Gasteiger partial charge in [-0.15, -0.1) is 10.2 Å². The summed E-state index contributed by atoms with van der Waals surface area (Å²) in [5, 5.41) is 46.2. The number of pyridine rings is 1. The van der Waals surface area contributed by atoms with Crippen LogP contribution in [0.1, 0.15) is 101 Å². The smallest absolute Gasteiger partial charge is 0.243 e. The van der Waals surface area contributed by atoms with Crippen LogP contribution in [0.25, 0.3) is 11.3 Å². The summed E-state index contributed by atoms with van der Waals surface area (Å²) in [4.78, 5) is 43.6. The number of amides is 2. The normalized spacial score (nSPS) is 24.9. The number of benzene rings is 2. The van der Waals surface area contributed by atoms with Crippen molar-refractivity contribution in [3.8, 4) is 29.0 Å². The number of fused-ring (bicyclic) bond motifs is 2. The van der Waals surface area contributed by atoms with Crippen LogP contribution in [0.15, 0.2) is 83.5 Å². The second-order valence-electron chi connectivity index (χ2n) is 22.3. The maximum Gasteiger partial charge on any atom is 0.243 e. The van der Waals surface area contributed by atoms with E-state index in [1.165, 1.54) is 4.90 Å². The van der Waals surface area contributed by atoms with E-state index in [1.54, 1.807) is 36.4 Å². The molecule has 6 saturated heterocycles. The number of aromatic nitrogens is 4. The van der Waals surface area contributed by atoms with E-state index < -0.39 is 18.1 Å². The van der Waals surface area contributed by atoms with Crippen LogP contribution in [0.2, 0.25) is 0 Å². The van der Waals surface area contributed by atoms with Gasteiger partial charge in [0.05, 0.1) is 47.4 Å². The van der Waals surface area contributed by atoms with Gasteiger partial charge < -0.3 is 59.8 Å². The number of phenolic OH excluding ortho intramolecular Hbond substituents is 1. The standard InChI is InChI=1S/C57H70N12O7/c1-34(2)54(57(73)68-33-42(70)24-49(68)56(72)61-35(3)38-10-8-36(29-58)9-11-38)51-28-52(64-76-51)66-20-13-37(14-21-66)30-65-18-15-43(16-19-65)74-44-25-45(26-44)75-53-23-39(12-17-60-53)69-40-22-41(69)32-67(31-40)48-27-47(62-63-55(48)59)46-6-4-5-7-50(46)71/h4-12,17,23,27-28,34-35,37,40-45,49,54,70-71H,13-16,18-22,24-26,30-33H2,1-3H3,(H2,59,63)(H,61,72)/t35-,40?,41?,42+,44?,45?,49-,54+/m0/s1. The highest BCUT2D eigenvalue weighted by Crippen LogP contribution is 2.42. The van der Waals surface area contributed by atoms with Crippen molar-refractivity contribution < 1.29 is 33.8 Å². The number of carbonyl (C=O) groups is 2. The zero-order valence-electron chi connectivity index (χ0n) is 43.7. The first-order chi connectivity index (χ1) is 36.8. The lowest BCUT2D eigenvalue weighted by molar-refractivity contribution is -0.141. The third-order valence-corrected chi connectivity index (χ3v) is 16.8. The second kappa shape index (κ2) is 21.9. The molecule has 2 amide bonds. The lowest BCUT2D eigenvalue weighted by Crippen LogP contribution is -2.69. The Kier molecular flexibility index (Phi) is 14.7. The summed E-state index contributed by atoms with van der Waals surface area (Å²) >= 11 is 0. The number of likely N-dealkylation sites (tertiary alicyclic amines) is 2. The van der Waals surface area contributed by atoms with Crippen LogP contribution in [0.3, 0.4) is 0 Å². The molecule has 3 aromatic heterocycles. The van der Waals surface area contributed by atoms with Gasteiger partial charge in [-0.2, -0.15) is 5.26 Å². The Hall–Kier alpha value is -7.01. The predicted octanol–water partition coefficient (Wildman–Crippen LogP) is 6.04. The van der Waals surface area contributed by atoms with Crippen LogP contribution in [0, 0.1) is 23.2 Å². The molecule has 0 spiro atoms. The zero-order valence-corrected chi connectivity index (χ0v) is 43.7. The Morgan fingerprint density at radius 2 is 1.62 bits per heavy atom. The number of hydrogen-bond donors (Lipinski definition) is 4. The minimum atomic E-state index is -0.824. The molecule has 7 aliphatic rings. The fourth-order valence-electron chi connectivity index (χ4n) is 12.5. The number of aromatic hydroxyl groups is 1. The molecule has 5 N–H and O–H groups in total. The number of aliphatic hydroxyl groups excluding tert-OH is 1. The van der Waals surface area contributed by atoms with Gasteiger partial charge in [0.25, 0.3) is 0 Å². The predicted molar refractivity (Wildman–Crippen MR) is 286 cm³/mol. The summed E-state index contributed by atoms with van der Waals surface area (Å²) in [6, 6.07) is 23.7. The summed E-state index contributed by atoms with van der Waals surface area (Å²) < 4.78 is 18.9. The number of piperazine rings is 1. The minimum Gasteiger partial charge on any atom is -0.507 e. The number of nitriles is 1. The summed E-state index contributed by atoms with van der Waals surface area (Å²) in [6.07, 6.45) is 8.69. The monoisotopic (exact) mass is 1030 g/mol. The van der Waals surface area contributed by atoms with Crippen molar-refractivity contribution in [3.05, 3.63) is 95.9 Å². The van der Waals surface area contributed by atoms with Gasteiger partial charge in [0.1, 0.15) is 23.8 Å². The molecule has 6 aliphatic heterocycles. The largest absolute Gasteiger partial charge is 0.507 e. The van der Waals surface area contributed by atoms with E-state index in [9.17, 15) is 19.8 Å². The van der Waals surface area contributed by atoms with E-state index in [0.717, 1.165) is 114 Å². The number of piperidine rings is 3. The van der Waals surface area contributed by atoms with Gasteiger partial charge in [0, 0.05) is 113 Å². The maximum absolute atomic E-state index is 14.3. The van der Waals surface area contributed by atoms with Crippen molar-refractivity contribution >= 4 is 34.8 Å². The molecule has 19 heteroatoms. The molecule has 5 aromatic rings. The number of ether oxygens (including phenoxy) is 2. The van der Waals surface area contributed by atoms with Crippen molar-refractivity contribution in [1.82, 2.24) is 35.5 Å². The maximum atomic E-state index is 14.3. The van der Waals surface area contributed by atoms with Gasteiger partial charge in [-0.3, -0.25) is 9.59 Å². The molecule has 0 radical (unpaired) electrons. The number of nitrogens with two attached hydrogens (primary N) is 1. The Morgan fingerprint density at radius 3 is 2.34 bits per heavy atom. The van der Waals surface area contributed by atoms with Crippen LogP contribution < -0.4 is 30.5 Å². The molecule has 400 valence electrons. The number of anilines is 4. The van der Waals surface area contributed by atoms with Gasteiger partial charge in [0.2, 0.25) is 17.7 Å². The van der Waals surface area contributed by atoms with E-state index in [-0.39, 0.29) is 60.8 Å². The van der Waals surface area contributed by atoms with Crippen molar-refractivity contribution in [2.45, 2.75) is 127 Å². The average Bonchev–Trinajstić information content (AvgIpc) is 4.10. The number of nitrogen functional groups attached to an aromatic ring is 1. The number of phenols is 1. The number of para-hydroxylation sites is 1. The van der Waals surface area contributed by atoms with E-state index in [1.807, 2.05) is 51.2 Å². The lowest BCUT2D eigenvalue weighted by Gasteiger charge is -2.58. The van der Waals surface area contributed by atoms with Crippen molar-refractivity contribution in [2.75, 3.05) is 72.8 Å². The minimum absolute atomic E-state index is 0.0646. The van der Waals surface area contributed by atoms with Crippen LogP contribution in [0.5, 0.6) is 11.6 Å². The number of aliphatic hydroxyl groups is 1. The average molecular weight is 1040 g/mol. The van der Waals surface area contributed by atoms with Crippen LogP contribution in [0.4, 0.5) is 23.0 Å². The molecule has 2 bridgehead atoms. The quantitative estimate of drug-likeness (QED) is 0.0882. The number of hydrogen-bond acceptors (Lipinski definition) is 17. The topological polar surface area (TPSA) is 236 Å². The number of nitrogens with zero attached hydrogens (tertiary/aromatic N) is 10. The van der Waals surface area contributed by atoms with Gasteiger partial charge in [-0.25, -0.2) is 4.98 Å². The zero-order chi connectivity index (χ0) is 52.6. The summed E-state index contributed by atoms with van der Waals surface area (Å²) in [6.45, 7) is 12.3. The molecule has 2 unspecified atom stereocenters. The highest BCUT2D eigenvalue weighted by atomic mass is 16.5. The van der Waals surface area contributed by atoms with Crippen molar-refractivity contribution in [2.24, 2.45) is 11.8 Å². The molecule has 2 aromatic carbocycles. The van der Waals surface area contributed by atoms with Gasteiger partial charge >= 0.3 is 0 Å².